The van der Waals surface area contributed by atoms with Gasteiger partial charge in [0.2, 0.25) is 5.91 Å². The van der Waals surface area contributed by atoms with Crippen molar-refractivity contribution < 1.29 is 14.3 Å². The SMILES string of the molecule is COc1ccccc1-c1cccc(C(=O)NCC(=O)NC2CCC(NC(C)(C)C)CC2)n1. The summed E-state index contributed by atoms with van der Waals surface area (Å²) in [6, 6.07) is 13.4. The van der Waals surface area contributed by atoms with Crippen molar-refractivity contribution in [2.24, 2.45) is 0 Å². The molecule has 1 saturated carbocycles. The fraction of sp³-hybridized carbons (Fsp3) is 0.480. The van der Waals surface area contributed by atoms with Gasteiger partial charge in [0.1, 0.15) is 11.4 Å². The number of carbonyl (C=O) groups is 2. The quantitative estimate of drug-likeness (QED) is 0.617. The zero-order valence-electron chi connectivity index (χ0n) is 19.4. The third-order valence-electron chi connectivity index (χ3n) is 5.50. The van der Waals surface area contributed by atoms with Gasteiger partial charge in [0.15, 0.2) is 0 Å². The van der Waals surface area contributed by atoms with E-state index in [2.05, 4.69) is 41.7 Å². The number of ether oxygens (including phenoxy) is 1. The standard InChI is InChI=1S/C25H34N4O3/c1-25(2,3)29-18-14-12-17(13-15-18)27-23(30)16-26-24(31)21-10-7-9-20(28-21)19-8-5-6-11-22(19)32-4/h5-11,17-18,29H,12-16H2,1-4H3,(H,26,31)(H,27,30). The van der Waals surface area contributed by atoms with Crippen molar-refractivity contribution in [3.63, 3.8) is 0 Å². The molecule has 7 heteroatoms. The maximum atomic E-state index is 12.6. The van der Waals surface area contributed by atoms with Gasteiger partial charge in [-0.1, -0.05) is 18.2 Å². The summed E-state index contributed by atoms with van der Waals surface area (Å²) >= 11 is 0. The van der Waals surface area contributed by atoms with E-state index in [1.54, 1.807) is 19.2 Å². The van der Waals surface area contributed by atoms with Crippen molar-refractivity contribution in [1.82, 2.24) is 20.9 Å². The lowest BCUT2D eigenvalue weighted by atomic mass is 9.89. The van der Waals surface area contributed by atoms with Gasteiger partial charge < -0.3 is 20.7 Å². The first-order chi connectivity index (χ1) is 15.2. The number of nitrogens with one attached hydrogen (secondary N) is 3. The molecule has 3 N–H and O–H groups in total. The average Bonchev–Trinajstić information content (AvgIpc) is 2.78. The number of para-hydroxylation sites is 1. The van der Waals surface area contributed by atoms with Gasteiger partial charge in [0.05, 0.1) is 19.3 Å². The Kier molecular flexibility index (Phi) is 7.85. The second-order valence-electron chi connectivity index (χ2n) is 9.30. The van der Waals surface area contributed by atoms with E-state index in [1.807, 2.05) is 30.3 Å². The van der Waals surface area contributed by atoms with Crippen LogP contribution in [0.2, 0.25) is 0 Å². The van der Waals surface area contributed by atoms with Gasteiger partial charge in [-0.15, -0.1) is 0 Å². The molecule has 32 heavy (non-hydrogen) atoms. The molecule has 1 aliphatic rings. The Labute approximate surface area is 190 Å². The number of amides is 2. The van der Waals surface area contributed by atoms with Crippen LogP contribution in [-0.2, 0) is 4.79 Å². The number of carbonyl (C=O) groups excluding carboxylic acids is 2. The van der Waals surface area contributed by atoms with Crippen LogP contribution in [0.4, 0.5) is 0 Å². The summed E-state index contributed by atoms with van der Waals surface area (Å²) in [7, 11) is 1.60. The first-order valence-corrected chi connectivity index (χ1v) is 11.2. The van der Waals surface area contributed by atoms with Crippen LogP contribution < -0.4 is 20.7 Å². The number of hydrogen-bond donors (Lipinski definition) is 3. The normalized spacial score (nSPS) is 18.6. The van der Waals surface area contributed by atoms with E-state index in [-0.39, 0.29) is 35.6 Å². The zero-order chi connectivity index (χ0) is 23.1. The third kappa shape index (κ3) is 6.79. The minimum absolute atomic E-state index is 0.0699. The van der Waals surface area contributed by atoms with Crippen molar-refractivity contribution in [1.29, 1.82) is 0 Å². The van der Waals surface area contributed by atoms with Crippen LogP contribution >= 0.6 is 0 Å². The molecule has 2 aromatic rings. The van der Waals surface area contributed by atoms with Crippen LogP contribution in [-0.4, -0.2) is 48.1 Å². The monoisotopic (exact) mass is 438 g/mol. The maximum Gasteiger partial charge on any atom is 0.270 e. The van der Waals surface area contributed by atoms with Gasteiger partial charge in [0, 0.05) is 23.2 Å². The van der Waals surface area contributed by atoms with Crippen molar-refractivity contribution >= 4 is 11.8 Å². The fourth-order valence-corrected chi connectivity index (χ4v) is 4.09. The van der Waals surface area contributed by atoms with Crippen molar-refractivity contribution in [2.75, 3.05) is 13.7 Å². The summed E-state index contributed by atoms with van der Waals surface area (Å²) in [6.45, 7) is 6.44. The van der Waals surface area contributed by atoms with Crippen LogP contribution in [0.15, 0.2) is 42.5 Å². The molecule has 7 nitrogen and oxygen atoms in total. The molecule has 1 aromatic carbocycles. The molecule has 0 aliphatic heterocycles. The van der Waals surface area contributed by atoms with E-state index in [1.165, 1.54) is 0 Å². The molecule has 2 amide bonds. The summed E-state index contributed by atoms with van der Waals surface area (Å²) in [5.41, 5.74) is 1.80. The van der Waals surface area contributed by atoms with E-state index >= 15 is 0 Å². The Balaban J connectivity index is 1.49. The summed E-state index contributed by atoms with van der Waals surface area (Å²) in [5.74, 6) is 0.130. The van der Waals surface area contributed by atoms with Crippen molar-refractivity contribution in [3.8, 4) is 17.0 Å². The summed E-state index contributed by atoms with van der Waals surface area (Å²) < 4.78 is 5.38. The van der Waals surface area contributed by atoms with Crippen LogP contribution in [0, 0.1) is 0 Å². The van der Waals surface area contributed by atoms with Crippen molar-refractivity contribution in [2.45, 2.75) is 64.1 Å². The molecule has 1 aliphatic carbocycles. The number of aromatic nitrogens is 1. The largest absolute Gasteiger partial charge is 0.496 e. The van der Waals surface area contributed by atoms with Crippen LogP contribution in [0.5, 0.6) is 5.75 Å². The highest BCUT2D eigenvalue weighted by atomic mass is 16.5. The van der Waals surface area contributed by atoms with E-state index in [0.29, 0.717) is 17.5 Å². The molecule has 0 saturated heterocycles. The molecule has 1 aromatic heterocycles. The third-order valence-corrected chi connectivity index (χ3v) is 5.50. The Bertz CT molecular complexity index is 931. The molecule has 0 atom stereocenters. The van der Waals surface area contributed by atoms with E-state index in [9.17, 15) is 9.59 Å². The molecule has 0 radical (unpaired) electrons. The minimum atomic E-state index is -0.380. The van der Waals surface area contributed by atoms with Crippen LogP contribution in [0.1, 0.15) is 56.9 Å². The predicted octanol–water partition coefficient (Wildman–Crippen LogP) is 3.30. The molecule has 172 valence electrons. The number of pyridine rings is 1. The number of methoxy groups -OCH3 is 1. The molecule has 0 spiro atoms. The number of benzene rings is 1. The number of hydrogen-bond acceptors (Lipinski definition) is 5. The Hall–Kier alpha value is -2.93. The average molecular weight is 439 g/mol. The number of rotatable bonds is 7. The lowest BCUT2D eigenvalue weighted by Gasteiger charge is -2.34. The Morgan fingerprint density at radius 1 is 1.00 bits per heavy atom. The second-order valence-corrected chi connectivity index (χ2v) is 9.30. The molecule has 3 rings (SSSR count). The molecule has 1 heterocycles. The molecule has 1 fully saturated rings. The Morgan fingerprint density at radius 2 is 1.69 bits per heavy atom. The fourth-order valence-electron chi connectivity index (χ4n) is 4.09. The van der Waals surface area contributed by atoms with Gasteiger partial charge in [-0.2, -0.15) is 0 Å². The van der Waals surface area contributed by atoms with Gasteiger partial charge in [-0.05, 0) is 70.7 Å². The smallest absolute Gasteiger partial charge is 0.270 e. The maximum absolute atomic E-state index is 12.6. The lowest BCUT2D eigenvalue weighted by molar-refractivity contribution is -0.121. The summed E-state index contributed by atoms with van der Waals surface area (Å²) in [5, 5.41) is 9.35. The van der Waals surface area contributed by atoms with Crippen LogP contribution in [0.3, 0.4) is 0 Å². The topological polar surface area (TPSA) is 92.3 Å². The van der Waals surface area contributed by atoms with Gasteiger partial charge >= 0.3 is 0 Å². The Morgan fingerprint density at radius 3 is 2.38 bits per heavy atom. The van der Waals surface area contributed by atoms with E-state index in [0.717, 1.165) is 31.2 Å². The molecular weight excluding hydrogens is 404 g/mol. The summed E-state index contributed by atoms with van der Waals surface area (Å²) in [4.78, 5) is 29.4. The molecule has 0 unspecified atom stereocenters. The zero-order valence-corrected chi connectivity index (χ0v) is 19.4. The molecular formula is C25H34N4O3. The number of nitrogens with zero attached hydrogens (tertiary/aromatic N) is 1. The summed E-state index contributed by atoms with van der Waals surface area (Å²) in [6.07, 6.45) is 3.95. The predicted molar refractivity (Wildman–Crippen MR) is 126 cm³/mol. The van der Waals surface area contributed by atoms with E-state index < -0.39 is 0 Å². The minimum Gasteiger partial charge on any atom is -0.496 e. The first-order valence-electron chi connectivity index (χ1n) is 11.2. The van der Waals surface area contributed by atoms with E-state index in [4.69, 9.17) is 4.74 Å². The van der Waals surface area contributed by atoms with Crippen LogP contribution in [0.25, 0.3) is 11.3 Å². The van der Waals surface area contributed by atoms with Gasteiger partial charge in [0.25, 0.3) is 5.91 Å². The highest BCUT2D eigenvalue weighted by molar-refractivity contribution is 5.95. The van der Waals surface area contributed by atoms with Crippen molar-refractivity contribution in [3.05, 3.63) is 48.2 Å². The lowest BCUT2D eigenvalue weighted by Crippen LogP contribution is -2.49. The first kappa shape index (κ1) is 23.7. The van der Waals surface area contributed by atoms with Gasteiger partial charge in [-0.25, -0.2) is 4.98 Å². The highest BCUT2D eigenvalue weighted by Crippen LogP contribution is 2.28. The highest BCUT2D eigenvalue weighted by Gasteiger charge is 2.25. The van der Waals surface area contributed by atoms with Gasteiger partial charge in [-0.3, -0.25) is 9.59 Å². The second kappa shape index (κ2) is 10.6. The molecule has 0 bridgehead atoms.